The van der Waals surface area contributed by atoms with Crippen LogP contribution in [0.2, 0.25) is 5.02 Å². The maximum atomic E-state index is 13.8. The van der Waals surface area contributed by atoms with E-state index < -0.39 is 5.82 Å². The molecule has 1 aromatic heterocycles. The minimum Gasteiger partial charge on any atom is -0.306 e. The molecule has 0 atom stereocenters. The number of aromatic nitrogens is 3. The first-order valence-corrected chi connectivity index (χ1v) is 6.80. The van der Waals surface area contributed by atoms with E-state index in [1.54, 1.807) is 23.0 Å². The van der Waals surface area contributed by atoms with Crippen LogP contribution in [-0.2, 0) is 13.1 Å². The van der Waals surface area contributed by atoms with Crippen molar-refractivity contribution in [2.45, 2.75) is 39.4 Å². The first-order valence-electron chi connectivity index (χ1n) is 6.42. The Kier molecular flexibility index (Phi) is 4.40. The van der Waals surface area contributed by atoms with Crippen LogP contribution in [0.4, 0.5) is 4.39 Å². The minimum absolute atomic E-state index is 0.0167. The lowest BCUT2D eigenvalue weighted by Crippen LogP contribution is -2.35. The largest absolute Gasteiger partial charge is 0.306 e. The normalized spacial score (nSPS) is 11.8. The van der Waals surface area contributed by atoms with Crippen LogP contribution in [-0.4, -0.2) is 20.5 Å². The van der Waals surface area contributed by atoms with Crippen LogP contribution in [0.3, 0.4) is 0 Å². The van der Waals surface area contributed by atoms with Gasteiger partial charge in [0.2, 0.25) is 0 Å². The van der Waals surface area contributed by atoms with Gasteiger partial charge in [-0.3, -0.25) is 0 Å². The topological polar surface area (TPSA) is 42.7 Å². The highest BCUT2D eigenvalue weighted by molar-refractivity contribution is 6.30. The molecule has 0 spiro atoms. The second-order valence-electron chi connectivity index (χ2n) is 5.72. The summed E-state index contributed by atoms with van der Waals surface area (Å²) in [6.45, 7) is 7.19. The SMILES string of the molecule is CC(C)(C)NCc1cn(Cc2cccc(Cl)c2F)nn1. The predicted molar refractivity (Wildman–Crippen MR) is 77.1 cm³/mol. The van der Waals surface area contributed by atoms with Gasteiger partial charge in [-0.2, -0.15) is 0 Å². The van der Waals surface area contributed by atoms with Crippen molar-refractivity contribution in [3.8, 4) is 0 Å². The third kappa shape index (κ3) is 4.02. The molecule has 0 unspecified atom stereocenters. The summed E-state index contributed by atoms with van der Waals surface area (Å²) >= 11 is 5.75. The van der Waals surface area contributed by atoms with Gasteiger partial charge in [0.25, 0.3) is 0 Å². The van der Waals surface area contributed by atoms with Crippen molar-refractivity contribution < 1.29 is 4.39 Å². The lowest BCUT2D eigenvalue weighted by atomic mass is 10.1. The number of hydrogen-bond acceptors (Lipinski definition) is 3. The molecule has 20 heavy (non-hydrogen) atoms. The van der Waals surface area contributed by atoms with Crippen molar-refractivity contribution in [2.75, 3.05) is 0 Å². The summed E-state index contributed by atoms with van der Waals surface area (Å²) in [5, 5.41) is 11.5. The van der Waals surface area contributed by atoms with E-state index in [1.165, 1.54) is 6.07 Å². The molecule has 1 heterocycles. The third-order valence-electron chi connectivity index (χ3n) is 2.75. The standard InChI is InChI=1S/C14H18ClFN4/c1-14(2,3)17-7-11-9-20(19-18-11)8-10-5-4-6-12(15)13(10)16/h4-6,9,17H,7-8H2,1-3H3. The summed E-state index contributed by atoms with van der Waals surface area (Å²) in [4.78, 5) is 0. The average Bonchev–Trinajstić information content (AvgIpc) is 2.80. The van der Waals surface area contributed by atoms with Gasteiger partial charge in [-0.1, -0.05) is 28.9 Å². The average molecular weight is 297 g/mol. The summed E-state index contributed by atoms with van der Waals surface area (Å²) in [7, 11) is 0. The molecule has 0 bridgehead atoms. The highest BCUT2D eigenvalue weighted by Crippen LogP contribution is 2.18. The predicted octanol–water partition coefficient (Wildman–Crippen LogP) is 3.01. The first kappa shape index (κ1) is 14.9. The molecule has 2 aromatic rings. The molecular weight excluding hydrogens is 279 g/mol. The van der Waals surface area contributed by atoms with Crippen LogP contribution in [0.5, 0.6) is 0 Å². The number of benzene rings is 1. The Labute approximate surface area is 122 Å². The van der Waals surface area contributed by atoms with Crippen LogP contribution < -0.4 is 5.32 Å². The van der Waals surface area contributed by atoms with Crippen molar-refractivity contribution in [1.82, 2.24) is 20.3 Å². The summed E-state index contributed by atoms with van der Waals surface area (Å²) in [6, 6.07) is 4.94. The van der Waals surface area contributed by atoms with Gasteiger partial charge < -0.3 is 5.32 Å². The van der Waals surface area contributed by atoms with Crippen LogP contribution in [0.1, 0.15) is 32.0 Å². The molecule has 0 radical (unpaired) electrons. The third-order valence-corrected chi connectivity index (χ3v) is 3.04. The summed E-state index contributed by atoms with van der Waals surface area (Å²) in [6.07, 6.45) is 1.80. The van der Waals surface area contributed by atoms with Gasteiger partial charge in [0.1, 0.15) is 5.82 Å². The molecule has 0 amide bonds. The first-order chi connectivity index (χ1) is 9.35. The Morgan fingerprint density at radius 2 is 2.10 bits per heavy atom. The minimum atomic E-state index is -0.404. The van der Waals surface area contributed by atoms with Crippen molar-refractivity contribution in [3.05, 3.63) is 46.5 Å². The molecule has 6 heteroatoms. The highest BCUT2D eigenvalue weighted by atomic mass is 35.5. The number of hydrogen-bond donors (Lipinski definition) is 1. The summed E-state index contributed by atoms with van der Waals surface area (Å²) < 4.78 is 15.4. The lowest BCUT2D eigenvalue weighted by molar-refractivity contribution is 0.421. The molecule has 0 fully saturated rings. The fraction of sp³-hybridized carbons (Fsp3) is 0.429. The molecule has 0 aliphatic rings. The van der Waals surface area contributed by atoms with Gasteiger partial charge in [0.05, 0.1) is 23.5 Å². The number of rotatable bonds is 4. The molecule has 2 rings (SSSR count). The van der Waals surface area contributed by atoms with Crippen molar-refractivity contribution >= 4 is 11.6 Å². The van der Waals surface area contributed by atoms with E-state index in [2.05, 4.69) is 36.4 Å². The number of nitrogens with one attached hydrogen (secondary N) is 1. The van der Waals surface area contributed by atoms with Crippen molar-refractivity contribution in [1.29, 1.82) is 0 Å². The van der Waals surface area contributed by atoms with E-state index in [0.717, 1.165) is 5.69 Å². The van der Waals surface area contributed by atoms with E-state index in [4.69, 9.17) is 11.6 Å². The molecule has 1 N–H and O–H groups in total. The Balaban J connectivity index is 2.04. The zero-order valence-corrected chi connectivity index (χ0v) is 12.6. The summed E-state index contributed by atoms with van der Waals surface area (Å²) in [5.74, 6) is -0.404. The molecule has 0 saturated heterocycles. The molecule has 0 aliphatic carbocycles. The van der Waals surface area contributed by atoms with Crippen molar-refractivity contribution in [3.63, 3.8) is 0 Å². The Hall–Kier alpha value is -1.46. The number of nitrogens with zero attached hydrogens (tertiary/aromatic N) is 3. The second-order valence-corrected chi connectivity index (χ2v) is 6.13. The number of halogens is 2. The van der Waals surface area contributed by atoms with Crippen LogP contribution in [0.15, 0.2) is 24.4 Å². The molecule has 0 saturated carbocycles. The fourth-order valence-electron chi connectivity index (χ4n) is 1.70. The van der Waals surface area contributed by atoms with Crippen molar-refractivity contribution in [2.24, 2.45) is 0 Å². The van der Waals surface area contributed by atoms with Gasteiger partial charge in [-0.25, -0.2) is 9.07 Å². The lowest BCUT2D eigenvalue weighted by Gasteiger charge is -2.19. The Morgan fingerprint density at radius 1 is 1.35 bits per heavy atom. The zero-order chi connectivity index (χ0) is 14.8. The van der Waals surface area contributed by atoms with Gasteiger partial charge in [0, 0.05) is 17.6 Å². The molecule has 0 aliphatic heterocycles. The quantitative estimate of drug-likeness (QED) is 0.943. The molecule has 1 aromatic carbocycles. The van der Waals surface area contributed by atoms with Gasteiger partial charge in [-0.05, 0) is 26.8 Å². The maximum absolute atomic E-state index is 13.8. The van der Waals surface area contributed by atoms with E-state index in [9.17, 15) is 4.39 Å². The van der Waals surface area contributed by atoms with E-state index >= 15 is 0 Å². The fourth-order valence-corrected chi connectivity index (χ4v) is 1.89. The van der Waals surface area contributed by atoms with E-state index in [1.807, 2.05) is 0 Å². The van der Waals surface area contributed by atoms with Gasteiger partial charge in [-0.15, -0.1) is 5.10 Å². The van der Waals surface area contributed by atoms with Crippen LogP contribution in [0.25, 0.3) is 0 Å². The molecule has 108 valence electrons. The Morgan fingerprint density at radius 3 is 2.80 bits per heavy atom. The second kappa shape index (κ2) is 5.89. The highest BCUT2D eigenvalue weighted by Gasteiger charge is 2.11. The Bertz CT molecular complexity index is 589. The molecular formula is C14H18ClFN4. The van der Waals surface area contributed by atoms with Crippen LogP contribution in [0, 0.1) is 5.82 Å². The van der Waals surface area contributed by atoms with E-state index in [-0.39, 0.29) is 10.6 Å². The van der Waals surface area contributed by atoms with E-state index in [0.29, 0.717) is 18.7 Å². The monoisotopic (exact) mass is 296 g/mol. The summed E-state index contributed by atoms with van der Waals surface area (Å²) in [5.41, 5.74) is 1.34. The van der Waals surface area contributed by atoms with Crippen LogP contribution >= 0.6 is 11.6 Å². The maximum Gasteiger partial charge on any atom is 0.146 e. The van der Waals surface area contributed by atoms with Gasteiger partial charge >= 0.3 is 0 Å². The van der Waals surface area contributed by atoms with Gasteiger partial charge in [0.15, 0.2) is 0 Å². The zero-order valence-electron chi connectivity index (χ0n) is 11.8. The smallest absolute Gasteiger partial charge is 0.146 e. The molecule has 4 nitrogen and oxygen atoms in total.